The van der Waals surface area contributed by atoms with E-state index in [1.54, 1.807) is 24.3 Å². The molecule has 1 aliphatic rings. The largest absolute Gasteiger partial charge is 0.340 e. The quantitative estimate of drug-likeness (QED) is 0.385. The monoisotopic (exact) mass is 432 g/mol. The summed E-state index contributed by atoms with van der Waals surface area (Å²) in [5, 5.41) is 11.7. The van der Waals surface area contributed by atoms with Crippen LogP contribution in [0.3, 0.4) is 0 Å². The average molecular weight is 432 g/mol. The van der Waals surface area contributed by atoms with E-state index in [4.69, 9.17) is 0 Å². The van der Waals surface area contributed by atoms with Gasteiger partial charge in [0.25, 0.3) is 11.8 Å². The Morgan fingerprint density at radius 3 is 2.42 bits per heavy atom. The summed E-state index contributed by atoms with van der Waals surface area (Å²) >= 11 is 0. The van der Waals surface area contributed by atoms with Crippen LogP contribution < -0.4 is 10.4 Å². The Balaban J connectivity index is 1.60. The van der Waals surface area contributed by atoms with E-state index >= 15 is 0 Å². The molecule has 6 nitrogen and oxygen atoms in total. The maximum atomic E-state index is 13.1. The Morgan fingerprint density at radius 1 is 0.939 bits per heavy atom. The van der Waals surface area contributed by atoms with Crippen molar-refractivity contribution in [3.05, 3.63) is 107 Å². The third-order valence-electron chi connectivity index (χ3n) is 5.94. The lowest BCUT2D eigenvalue weighted by molar-refractivity contribution is -0.117. The van der Waals surface area contributed by atoms with Gasteiger partial charge >= 0.3 is 0 Å². The summed E-state index contributed by atoms with van der Waals surface area (Å²) < 4.78 is 2.12. The highest BCUT2D eigenvalue weighted by Gasteiger charge is 2.34. The molecule has 4 aromatic rings. The van der Waals surface area contributed by atoms with Crippen LogP contribution in [0.4, 0.5) is 5.69 Å². The zero-order chi connectivity index (χ0) is 22.9. The number of anilines is 1. The normalized spacial score (nSPS) is 14.7. The van der Waals surface area contributed by atoms with Crippen molar-refractivity contribution in [3.63, 3.8) is 0 Å². The fraction of sp³-hybridized carbons (Fsp3) is 0.0741. The minimum absolute atomic E-state index is 0.0854. The first kappa shape index (κ1) is 20.3. The minimum Gasteiger partial charge on any atom is -0.340 e. The fourth-order valence-corrected chi connectivity index (χ4v) is 4.24. The smallest absolute Gasteiger partial charge is 0.282 e. The number of rotatable bonds is 4. The molecule has 3 aromatic carbocycles. The molecule has 0 spiro atoms. The second-order valence-electron chi connectivity index (χ2n) is 7.85. The molecule has 0 aliphatic carbocycles. The Morgan fingerprint density at radius 2 is 1.64 bits per heavy atom. The summed E-state index contributed by atoms with van der Waals surface area (Å²) in [6, 6.07) is 26.7. The van der Waals surface area contributed by atoms with Gasteiger partial charge in [-0.25, -0.2) is 5.01 Å². The van der Waals surface area contributed by atoms with Crippen molar-refractivity contribution in [1.29, 1.82) is 5.26 Å². The zero-order valence-electron chi connectivity index (χ0n) is 17.9. The van der Waals surface area contributed by atoms with Gasteiger partial charge in [0, 0.05) is 28.7 Å². The van der Waals surface area contributed by atoms with Gasteiger partial charge in [-0.05, 0) is 42.8 Å². The number of carbonyl (C=O) groups is 2. The Kier molecular flexibility index (Phi) is 5.00. The molecule has 1 saturated heterocycles. The third-order valence-corrected chi connectivity index (χ3v) is 5.94. The molecule has 2 amide bonds. The molecule has 0 atom stereocenters. The van der Waals surface area contributed by atoms with Crippen molar-refractivity contribution in [3.8, 4) is 6.07 Å². The number of aromatic nitrogens is 1. The van der Waals surface area contributed by atoms with Gasteiger partial charge in [-0.3, -0.25) is 15.0 Å². The van der Waals surface area contributed by atoms with E-state index in [-0.39, 0.29) is 5.57 Å². The van der Waals surface area contributed by atoms with Gasteiger partial charge in [0.15, 0.2) is 0 Å². The van der Waals surface area contributed by atoms with Crippen molar-refractivity contribution in [2.24, 2.45) is 0 Å². The topological polar surface area (TPSA) is 78.1 Å². The molecule has 0 saturated carbocycles. The van der Waals surface area contributed by atoms with E-state index in [1.807, 2.05) is 67.6 Å². The highest BCUT2D eigenvalue weighted by atomic mass is 16.2. The summed E-state index contributed by atoms with van der Waals surface area (Å²) in [5.41, 5.74) is 7.57. The van der Waals surface area contributed by atoms with E-state index in [1.165, 1.54) is 5.01 Å². The molecule has 0 radical (unpaired) electrons. The number of nitrogens with zero attached hydrogens (tertiary/aromatic N) is 3. The van der Waals surface area contributed by atoms with Crippen molar-refractivity contribution < 1.29 is 9.59 Å². The van der Waals surface area contributed by atoms with Gasteiger partial charge in [0.2, 0.25) is 0 Å². The second kappa shape index (κ2) is 8.13. The van der Waals surface area contributed by atoms with Crippen LogP contribution in [0.15, 0.2) is 84.4 Å². The number of nitriles is 1. The first-order valence-electron chi connectivity index (χ1n) is 10.6. The molecule has 160 valence electrons. The summed E-state index contributed by atoms with van der Waals surface area (Å²) in [6.07, 6.45) is 1.67. The van der Waals surface area contributed by atoms with Crippen LogP contribution in [0.1, 0.15) is 22.4 Å². The molecule has 2 heterocycles. The lowest BCUT2D eigenvalue weighted by atomic mass is 10.1. The predicted molar refractivity (Wildman–Crippen MR) is 127 cm³/mol. The van der Waals surface area contributed by atoms with Crippen LogP contribution in [0.5, 0.6) is 0 Å². The standard InChI is InChI=1S/C27H20N4O2/c1-18-23(15-24-26(32)29-31(27(24)33)21-11-3-2-4-12-21)22-13-7-8-14-25(22)30(18)17-20-10-6-5-9-19(20)16-28/h2-15H,17H2,1H3,(H,29,32). The third kappa shape index (κ3) is 3.46. The molecule has 5 rings (SSSR count). The number of nitrogens with one attached hydrogen (secondary N) is 1. The first-order valence-corrected chi connectivity index (χ1v) is 10.6. The second-order valence-corrected chi connectivity index (χ2v) is 7.85. The van der Waals surface area contributed by atoms with Crippen LogP contribution >= 0.6 is 0 Å². The van der Waals surface area contributed by atoms with Crippen molar-refractivity contribution in [2.45, 2.75) is 13.5 Å². The lowest BCUT2D eigenvalue weighted by Gasteiger charge is -2.13. The molecule has 6 heteroatoms. The molecular weight excluding hydrogens is 412 g/mol. The summed E-state index contributed by atoms with van der Waals surface area (Å²) in [7, 11) is 0. The van der Waals surface area contributed by atoms with Crippen LogP contribution in [0.25, 0.3) is 17.0 Å². The number of fused-ring (bicyclic) bond motifs is 1. The van der Waals surface area contributed by atoms with E-state index < -0.39 is 11.8 Å². The van der Waals surface area contributed by atoms with Crippen molar-refractivity contribution in [2.75, 3.05) is 5.01 Å². The van der Waals surface area contributed by atoms with Crippen LogP contribution in [0, 0.1) is 18.3 Å². The van der Waals surface area contributed by atoms with Crippen LogP contribution in [-0.4, -0.2) is 16.4 Å². The molecule has 1 N–H and O–H groups in total. The minimum atomic E-state index is -0.435. The van der Waals surface area contributed by atoms with Crippen molar-refractivity contribution in [1.82, 2.24) is 9.99 Å². The van der Waals surface area contributed by atoms with E-state index in [0.717, 1.165) is 27.7 Å². The number of hydrogen-bond acceptors (Lipinski definition) is 3. The number of amides is 2. The van der Waals surface area contributed by atoms with Gasteiger partial charge in [0.05, 0.1) is 17.3 Å². The lowest BCUT2D eigenvalue weighted by Crippen LogP contribution is -2.35. The van der Waals surface area contributed by atoms with Gasteiger partial charge in [-0.15, -0.1) is 0 Å². The van der Waals surface area contributed by atoms with Gasteiger partial charge < -0.3 is 4.57 Å². The van der Waals surface area contributed by atoms with Gasteiger partial charge in [0.1, 0.15) is 5.57 Å². The van der Waals surface area contributed by atoms with E-state index in [2.05, 4.69) is 16.1 Å². The molecule has 0 unspecified atom stereocenters. The number of hydrazine groups is 1. The van der Waals surface area contributed by atoms with Crippen LogP contribution in [-0.2, 0) is 16.1 Å². The number of carbonyl (C=O) groups excluding carboxylic acids is 2. The summed E-state index contributed by atoms with van der Waals surface area (Å²) in [4.78, 5) is 25.8. The number of hydrogen-bond donors (Lipinski definition) is 1. The Labute approximate surface area is 191 Å². The predicted octanol–water partition coefficient (Wildman–Crippen LogP) is 4.33. The zero-order valence-corrected chi connectivity index (χ0v) is 17.9. The van der Waals surface area contributed by atoms with E-state index in [0.29, 0.717) is 17.8 Å². The maximum absolute atomic E-state index is 13.1. The fourth-order valence-electron chi connectivity index (χ4n) is 4.24. The summed E-state index contributed by atoms with van der Waals surface area (Å²) in [5.74, 6) is -0.827. The molecule has 1 aromatic heterocycles. The van der Waals surface area contributed by atoms with E-state index in [9.17, 15) is 14.9 Å². The van der Waals surface area contributed by atoms with Crippen molar-refractivity contribution >= 4 is 34.5 Å². The SMILES string of the molecule is Cc1c(C=C2C(=O)NN(c3ccccc3)C2=O)c2ccccc2n1Cc1ccccc1C#N. The molecular formula is C27H20N4O2. The van der Waals surface area contributed by atoms with Crippen LogP contribution in [0.2, 0.25) is 0 Å². The maximum Gasteiger partial charge on any atom is 0.282 e. The molecule has 33 heavy (non-hydrogen) atoms. The van der Waals surface area contributed by atoms with Gasteiger partial charge in [-0.1, -0.05) is 54.6 Å². The number of benzene rings is 3. The molecule has 1 fully saturated rings. The first-order chi connectivity index (χ1) is 16.1. The molecule has 1 aliphatic heterocycles. The summed E-state index contributed by atoms with van der Waals surface area (Å²) in [6.45, 7) is 2.48. The Bertz CT molecular complexity index is 1480. The average Bonchev–Trinajstić information content (AvgIpc) is 3.28. The highest BCUT2D eigenvalue weighted by Crippen LogP contribution is 2.30. The molecule has 0 bridgehead atoms. The van der Waals surface area contributed by atoms with Gasteiger partial charge in [-0.2, -0.15) is 5.26 Å². The Hall–Kier alpha value is -4.63. The highest BCUT2D eigenvalue weighted by molar-refractivity contribution is 6.32. The number of para-hydroxylation sites is 2.